The van der Waals surface area contributed by atoms with Crippen molar-refractivity contribution in [2.45, 2.75) is 38.3 Å². The smallest absolute Gasteiger partial charge is 0.337 e. The van der Waals surface area contributed by atoms with Gasteiger partial charge in [-0.15, -0.1) is 0 Å². The molecule has 0 aromatic heterocycles. The fourth-order valence-corrected chi connectivity index (χ4v) is 4.00. The van der Waals surface area contributed by atoms with Crippen LogP contribution in [0.2, 0.25) is 0 Å². The minimum absolute atomic E-state index is 0.00246. The first-order valence-electron chi connectivity index (χ1n) is 7.38. The van der Waals surface area contributed by atoms with E-state index in [2.05, 4.69) is 34.7 Å². The van der Waals surface area contributed by atoms with E-state index < -0.39 is 5.97 Å². The molecular formula is C16H22BrNO4. The van der Waals surface area contributed by atoms with Gasteiger partial charge in [0.05, 0.1) is 31.0 Å². The van der Waals surface area contributed by atoms with Gasteiger partial charge in [-0.2, -0.15) is 0 Å². The summed E-state index contributed by atoms with van der Waals surface area (Å²) in [6.07, 6.45) is 0.540. The van der Waals surface area contributed by atoms with Gasteiger partial charge >= 0.3 is 5.97 Å². The number of aliphatic hydroxyl groups is 2. The summed E-state index contributed by atoms with van der Waals surface area (Å²) in [5, 5.41) is 19.2. The van der Waals surface area contributed by atoms with E-state index in [1.54, 1.807) is 6.07 Å². The van der Waals surface area contributed by atoms with Gasteiger partial charge in [0, 0.05) is 23.0 Å². The Kier molecular flexibility index (Phi) is 5.47. The minimum Gasteiger partial charge on any atom is -0.465 e. The molecule has 1 aromatic carbocycles. The molecule has 5 nitrogen and oxygen atoms in total. The molecule has 2 N–H and O–H groups in total. The number of anilines is 1. The van der Waals surface area contributed by atoms with Crippen LogP contribution in [-0.2, 0) is 4.74 Å². The van der Waals surface area contributed by atoms with Crippen LogP contribution in [0.4, 0.5) is 5.69 Å². The van der Waals surface area contributed by atoms with Crippen molar-refractivity contribution in [1.82, 2.24) is 0 Å². The highest BCUT2D eigenvalue weighted by Gasteiger charge is 2.40. The Morgan fingerprint density at radius 2 is 2.09 bits per heavy atom. The average molecular weight is 372 g/mol. The van der Waals surface area contributed by atoms with Crippen molar-refractivity contribution in [2.24, 2.45) is 0 Å². The van der Waals surface area contributed by atoms with Crippen molar-refractivity contribution >= 4 is 27.6 Å². The summed E-state index contributed by atoms with van der Waals surface area (Å²) in [5.41, 5.74) is 2.43. The molecule has 1 aliphatic rings. The standard InChI is InChI=1S/C16H22BrNO4/c1-9(2)18-14(8-20)11(4-5-19)12-6-10(16(21)22-3)7-13(17)15(12)18/h6-7,9,11,14,19-20H,4-5,8H2,1-3H3. The van der Waals surface area contributed by atoms with E-state index in [0.717, 1.165) is 15.7 Å². The number of fused-ring (bicyclic) bond motifs is 1. The molecule has 0 radical (unpaired) electrons. The summed E-state index contributed by atoms with van der Waals surface area (Å²) in [5.74, 6) is -0.414. The first-order chi connectivity index (χ1) is 10.5. The number of ether oxygens (including phenoxy) is 1. The average Bonchev–Trinajstić information content (AvgIpc) is 2.81. The zero-order valence-electron chi connectivity index (χ0n) is 13.0. The SMILES string of the molecule is COC(=O)c1cc(Br)c2c(c1)C(CCO)C(CO)N2C(C)C. The van der Waals surface area contributed by atoms with Crippen LogP contribution in [0, 0.1) is 0 Å². The first kappa shape index (κ1) is 17.2. The number of halogens is 1. The summed E-state index contributed by atoms with van der Waals surface area (Å²) in [6, 6.07) is 3.65. The van der Waals surface area contributed by atoms with Gasteiger partial charge in [-0.3, -0.25) is 0 Å². The van der Waals surface area contributed by atoms with E-state index in [1.165, 1.54) is 7.11 Å². The monoisotopic (exact) mass is 371 g/mol. The fraction of sp³-hybridized carbons (Fsp3) is 0.562. The maximum atomic E-state index is 11.8. The number of methoxy groups -OCH3 is 1. The number of benzene rings is 1. The summed E-state index contributed by atoms with van der Waals surface area (Å²) in [6.45, 7) is 4.16. The lowest BCUT2D eigenvalue weighted by Crippen LogP contribution is -2.42. The number of esters is 1. The highest BCUT2D eigenvalue weighted by molar-refractivity contribution is 9.10. The van der Waals surface area contributed by atoms with Crippen molar-refractivity contribution < 1.29 is 19.7 Å². The summed E-state index contributed by atoms with van der Waals surface area (Å²) >= 11 is 3.55. The molecule has 0 aliphatic carbocycles. The van der Waals surface area contributed by atoms with Gasteiger partial charge in [-0.1, -0.05) is 0 Å². The normalized spacial score (nSPS) is 20.4. The quantitative estimate of drug-likeness (QED) is 0.777. The van der Waals surface area contributed by atoms with Crippen molar-refractivity contribution in [3.05, 3.63) is 27.7 Å². The number of carbonyl (C=O) groups excluding carboxylic acids is 1. The summed E-state index contributed by atoms with van der Waals surface area (Å²) in [7, 11) is 1.35. The Labute approximate surface area is 139 Å². The minimum atomic E-state index is -0.394. The van der Waals surface area contributed by atoms with Crippen LogP contribution >= 0.6 is 15.9 Å². The van der Waals surface area contributed by atoms with Gasteiger partial charge in [-0.25, -0.2) is 4.79 Å². The first-order valence-corrected chi connectivity index (χ1v) is 8.17. The van der Waals surface area contributed by atoms with Gasteiger partial charge in [-0.05, 0) is 53.9 Å². The molecule has 0 spiro atoms. The number of hydrogen-bond donors (Lipinski definition) is 2. The number of nitrogens with zero attached hydrogens (tertiary/aromatic N) is 1. The van der Waals surface area contributed by atoms with Crippen molar-refractivity contribution in [1.29, 1.82) is 0 Å². The van der Waals surface area contributed by atoms with Crippen LogP contribution in [0.5, 0.6) is 0 Å². The highest BCUT2D eigenvalue weighted by atomic mass is 79.9. The van der Waals surface area contributed by atoms with Crippen molar-refractivity contribution in [3.8, 4) is 0 Å². The molecule has 0 saturated carbocycles. The second-order valence-corrected chi connectivity index (χ2v) is 6.61. The van der Waals surface area contributed by atoms with E-state index in [0.29, 0.717) is 12.0 Å². The fourth-order valence-electron chi connectivity index (χ4n) is 3.32. The molecule has 0 fully saturated rings. The molecule has 1 aromatic rings. The molecule has 0 bridgehead atoms. The Balaban J connectivity index is 2.60. The molecular weight excluding hydrogens is 350 g/mol. The van der Waals surface area contributed by atoms with E-state index in [-0.39, 0.29) is 31.2 Å². The number of rotatable bonds is 5. The van der Waals surface area contributed by atoms with Gasteiger partial charge < -0.3 is 19.8 Å². The van der Waals surface area contributed by atoms with Gasteiger partial charge in [0.15, 0.2) is 0 Å². The molecule has 122 valence electrons. The Hall–Kier alpha value is -1.11. The molecule has 1 heterocycles. The van der Waals surface area contributed by atoms with Crippen molar-refractivity contribution in [2.75, 3.05) is 25.2 Å². The van der Waals surface area contributed by atoms with Crippen molar-refractivity contribution in [3.63, 3.8) is 0 Å². The molecule has 6 heteroatoms. The molecule has 22 heavy (non-hydrogen) atoms. The Morgan fingerprint density at radius 1 is 1.41 bits per heavy atom. The van der Waals surface area contributed by atoms with E-state index in [9.17, 15) is 15.0 Å². The molecule has 1 aliphatic heterocycles. The summed E-state index contributed by atoms with van der Waals surface area (Å²) in [4.78, 5) is 14.0. The van der Waals surface area contributed by atoms with Gasteiger partial charge in [0.25, 0.3) is 0 Å². The molecule has 2 rings (SSSR count). The van der Waals surface area contributed by atoms with Crippen LogP contribution in [-0.4, -0.2) is 48.6 Å². The largest absolute Gasteiger partial charge is 0.465 e. The van der Waals surface area contributed by atoms with Gasteiger partial charge in [0.2, 0.25) is 0 Å². The van der Waals surface area contributed by atoms with E-state index in [1.807, 2.05) is 6.07 Å². The maximum Gasteiger partial charge on any atom is 0.337 e. The molecule has 0 saturated heterocycles. The topological polar surface area (TPSA) is 70.0 Å². The second-order valence-electron chi connectivity index (χ2n) is 5.76. The number of aliphatic hydroxyl groups excluding tert-OH is 2. The van der Waals surface area contributed by atoms with E-state index >= 15 is 0 Å². The zero-order valence-corrected chi connectivity index (χ0v) is 14.6. The highest BCUT2D eigenvalue weighted by Crippen LogP contribution is 2.48. The third kappa shape index (κ3) is 2.87. The van der Waals surface area contributed by atoms with Crippen LogP contribution in [0.25, 0.3) is 0 Å². The Morgan fingerprint density at radius 3 is 2.59 bits per heavy atom. The van der Waals surface area contributed by atoms with Crippen LogP contribution < -0.4 is 4.90 Å². The van der Waals surface area contributed by atoms with Crippen LogP contribution in [0.1, 0.15) is 42.1 Å². The number of carbonyl (C=O) groups is 1. The predicted octanol–water partition coefficient (Wildman–Crippen LogP) is 2.29. The second kappa shape index (κ2) is 6.98. The third-order valence-corrected chi connectivity index (χ3v) is 4.78. The lowest BCUT2D eigenvalue weighted by Gasteiger charge is -2.33. The van der Waals surface area contributed by atoms with Crippen LogP contribution in [0.3, 0.4) is 0 Å². The predicted molar refractivity (Wildman–Crippen MR) is 88.4 cm³/mol. The van der Waals surface area contributed by atoms with Crippen LogP contribution in [0.15, 0.2) is 16.6 Å². The number of hydrogen-bond acceptors (Lipinski definition) is 5. The Bertz CT molecular complexity index is 561. The maximum absolute atomic E-state index is 11.8. The zero-order chi connectivity index (χ0) is 16.4. The van der Waals surface area contributed by atoms with Gasteiger partial charge in [0.1, 0.15) is 0 Å². The molecule has 2 atom stereocenters. The third-order valence-electron chi connectivity index (χ3n) is 4.18. The van der Waals surface area contributed by atoms with E-state index in [4.69, 9.17) is 4.74 Å². The molecule has 2 unspecified atom stereocenters. The molecule has 0 amide bonds. The lowest BCUT2D eigenvalue weighted by molar-refractivity contribution is 0.0600. The summed E-state index contributed by atoms with van der Waals surface area (Å²) < 4.78 is 5.61. The lowest BCUT2D eigenvalue weighted by atomic mass is 9.91.